The van der Waals surface area contributed by atoms with Crippen LogP contribution >= 0.6 is 23.1 Å². The Morgan fingerprint density at radius 2 is 2.08 bits per heavy atom. The number of rotatable bonds is 5. The molecule has 1 aliphatic heterocycles. The van der Waals surface area contributed by atoms with Gasteiger partial charge in [0.1, 0.15) is 5.00 Å². The number of thioether (sulfide) groups is 1. The Morgan fingerprint density at radius 1 is 1.31 bits per heavy atom. The van der Waals surface area contributed by atoms with Crippen LogP contribution in [0.1, 0.15) is 28.6 Å². The summed E-state index contributed by atoms with van der Waals surface area (Å²) in [7, 11) is 0. The van der Waals surface area contributed by atoms with E-state index in [-0.39, 0.29) is 24.8 Å². The molecule has 1 aliphatic rings. The zero-order valence-corrected chi connectivity index (χ0v) is 16.0. The van der Waals surface area contributed by atoms with E-state index in [9.17, 15) is 14.4 Å². The van der Waals surface area contributed by atoms with E-state index in [0.29, 0.717) is 10.6 Å². The molecule has 1 aromatic heterocycles. The average molecular weight is 390 g/mol. The molecule has 136 valence electrons. The van der Waals surface area contributed by atoms with E-state index in [1.54, 1.807) is 13.0 Å². The fourth-order valence-corrected chi connectivity index (χ4v) is 4.57. The highest BCUT2D eigenvalue weighted by Crippen LogP contribution is 2.37. The number of esters is 1. The minimum Gasteiger partial charge on any atom is -0.462 e. The third-order valence-corrected chi connectivity index (χ3v) is 5.92. The highest BCUT2D eigenvalue weighted by atomic mass is 32.2. The normalized spacial score (nSPS) is 15.8. The minimum atomic E-state index is -0.517. The summed E-state index contributed by atoms with van der Waals surface area (Å²) in [6.45, 7) is 3.84. The molecule has 2 N–H and O–H groups in total. The van der Waals surface area contributed by atoms with E-state index in [0.717, 1.165) is 15.5 Å². The predicted octanol–water partition coefficient (Wildman–Crippen LogP) is 3.67. The summed E-state index contributed by atoms with van der Waals surface area (Å²) in [6.07, 6.45) is 0.0179. The lowest BCUT2D eigenvalue weighted by Gasteiger charge is -2.23. The molecule has 0 unspecified atom stereocenters. The van der Waals surface area contributed by atoms with Gasteiger partial charge in [0.05, 0.1) is 23.1 Å². The van der Waals surface area contributed by atoms with Crippen molar-refractivity contribution in [1.82, 2.24) is 0 Å². The minimum absolute atomic E-state index is 0.0179. The molecular formula is C18H18N2O4S2. The summed E-state index contributed by atoms with van der Waals surface area (Å²) in [5.41, 5.74) is 1.10. The van der Waals surface area contributed by atoms with Crippen molar-refractivity contribution in [2.45, 2.75) is 30.4 Å². The maximum atomic E-state index is 12.4. The quantitative estimate of drug-likeness (QED) is 0.761. The zero-order chi connectivity index (χ0) is 18.7. The van der Waals surface area contributed by atoms with Crippen molar-refractivity contribution in [3.05, 3.63) is 40.8 Å². The van der Waals surface area contributed by atoms with Gasteiger partial charge in [-0.3, -0.25) is 9.59 Å². The summed E-state index contributed by atoms with van der Waals surface area (Å²) < 4.78 is 5.02. The second-order valence-electron chi connectivity index (χ2n) is 5.66. The van der Waals surface area contributed by atoms with Crippen molar-refractivity contribution in [3.8, 4) is 0 Å². The Balaban J connectivity index is 1.68. The number of amides is 2. The van der Waals surface area contributed by atoms with Crippen LogP contribution in [0.15, 0.2) is 35.2 Å². The topological polar surface area (TPSA) is 84.5 Å². The van der Waals surface area contributed by atoms with E-state index < -0.39 is 11.2 Å². The first-order valence-corrected chi connectivity index (χ1v) is 9.81. The van der Waals surface area contributed by atoms with Gasteiger partial charge in [0.2, 0.25) is 11.8 Å². The summed E-state index contributed by atoms with van der Waals surface area (Å²) >= 11 is 2.67. The lowest BCUT2D eigenvalue weighted by molar-refractivity contribution is -0.120. The SMILES string of the molecule is CCOC(=O)c1cc(C)sc1NC(=O)C[C@H]1Sc2ccccc2NC1=O. The van der Waals surface area contributed by atoms with Gasteiger partial charge in [-0.2, -0.15) is 0 Å². The summed E-state index contributed by atoms with van der Waals surface area (Å²) in [4.78, 5) is 38.5. The Morgan fingerprint density at radius 3 is 2.85 bits per heavy atom. The number of anilines is 2. The van der Waals surface area contributed by atoms with Crippen LogP contribution in [0.5, 0.6) is 0 Å². The lowest BCUT2D eigenvalue weighted by atomic mass is 10.2. The van der Waals surface area contributed by atoms with E-state index in [1.165, 1.54) is 23.1 Å². The smallest absolute Gasteiger partial charge is 0.341 e. The monoisotopic (exact) mass is 390 g/mol. The van der Waals surface area contributed by atoms with Gasteiger partial charge >= 0.3 is 5.97 Å². The van der Waals surface area contributed by atoms with Crippen LogP contribution in [0.2, 0.25) is 0 Å². The molecule has 8 heteroatoms. The number of nitrogens with one attached hydrogen (secondary N) is 2. The number of carbonyl (C=O) groups is 3. The highest BCUT2D eigenvalue weighted by molar-refractivity contribution is 8.01. The largest absolute Gasteiger partial charge is 0.462 e. The Labute approximate surface area is 159 Å². The first kappa shape index (κ1) is 18.5. The molecule has 3 rings (SSSR count). The van der Waals surface area contributed by atoms with Gasteiger partial charge < -0.3 is 15.4 Å². The molecule has 0 saturated carbocycles. The van der Waals surface area contributed by atoms with E-state index >= 15 is 0 Å². The van der Waals surface area contributed by atoms with Crippen molar-refractivity contribution < 1.29 is 19.1 Å². The van der Waals surface area contributed by atoms with E-state index in [2.05, 4.69) is 10.6 Å². The molecule has 0 saturated heterocycles. The molecule has 6 nitrogen and oxygen atoms in total. The van der Waals surface area contributed by atoms with Crippen LogP contribution < -0.4 is 10.6 Å². The first-order chi connectivity index (χ1) is 12.5. The standard InChI is InChI=1S/C18H18N2O4S2/c1-3-24-18(23)11-8-10(2)25-17(11)20-15(21)9-14-16(22)19-12-6-4-5-7-13(12)26-14/h4-8,14H,3,9H2,1-2H3,(H,19,22)(H,20,21)/t14-/m1/s1. The molecule has 0 bridgehead atoms. The number of thiophene rings is 1. The van der Waals surface area contributed by atoms with Gasteiger partial charge in [-0.1, -0.05) is 12.1 Å². The molecule has 1 aromatic carbocycles. The van der Waals surface area contributed by atoms with Crippen LogP contribution in [0.25, 0.3) is 0 Å². The molecule has 2 amide bonds. The molecule has 1 atom stereocenters. The molecule has 2 aromatic rings. The summed E-state index contributed by atoms with van der Waals surface area (Å²) in [5.74, 6) is -0.980. The van der Waals surface area contributed by atoms with Crippen molar-refractivity contribution in [3.63, 3.8) is 0 Å². The number of benzene rings is 1. The van der Waals surface area contributed by atoms with Gasteiger partial charge in [-0.05, 0) is 32.0 Å². The molecule has 0 aliphatic carbocycles. The van der Waals surface area contributed by atoms with Crippen molar-refractivity contribution >= 4 is 51.6 Å². The Bertz CT molecular complexity index is 863. The summed E-state index contributed by atoms with van der Waals surface area (Å²) in [6, 6.07) is 9.17. The number of para-hydroxylation sites is 1. The highest BCUT2D eigenvalue weighted by Gasteiger charge is 2.29. The fraction of sp³-hybridized carbons (Fsp3) is 0.278. The number of hydrogen-bond donors (Lipinski definition) is 2. The lowest BCUT2D eigenvalue weighted by Crippen LogP contribution is -2.32. The van der Waals surface area contributed by atoms with Crippen molar-refractivity contribution in [2.75, 3.05) is 17.2 Å². The Hall–Kier alpha value is -2.32. The van der Waals surface area contributed by atoms with Crippen molar-refractivity contribution in [2.24, 2.45) is 0 Å². The van der Waals surface area contributed by atoms with Crippen LogP contribution in [0, 0.1) is 6.92 Å². The maximum Gasteiger partial charge on any atom is 0.341 e. The van der Waals surface area contributed by atoms with Crippen molar-refractivity contribution in [1.29, 1.82) is 0 Å². The van der Waals surface area contributed by atoms with Gasteiger partial charge in [-0.25, -0.2) is 4.79 Å². The van der Waals surface area contributed by atoms with E-state index in [4.69, 9.17) is 4.74 Å². The van der Waals surface area contributed by atoms with Gasteiger partial charge in [0, 0.05) is 16.2 Å². The van der Waals surface area contributed by atoms with Crippen LogP contribution in [0.4, 0.5) is 10.7 Å². The third-order valence-electron chi connectivity index (χ3n) is 3.68. The third kappa shape index (κ3) is 4.08. The Kier molecular flexibility index (Phi) is 5.63. The summed E-state index contributed by atoms with van der Waals surface area (Å²) in [5, 5.41) is 5.50. The molecule has 0 spiro atoms. The van der Waals surface area contributed by atoms with Gasteiger partial charge in [0.25, 0.3) is 0 Å². The van der Waals surface area contributed by atoms with Gasteiger partial charge in [-0.15, -0.1) is 23.1 Å². The number of aryl methyl sites for hydroxylation is 1. The van der Waals surface area contributed by atoms with Crippen LogP contribution in [-0.4, -0.2) is 29.6 Å². The van der Waals surface area contributed by atoms with Gasteiger partial charge in [0.15, 0.2) is 0 Å². The second-order valence-corrected chi connectivity index (χ2v) is 8.17. The number of ether oxygens (including phenoxy) is 1. The molecule has 2 heterocycles. The number of fused-ring (bicyclic) bond motifs is 1. The zero-order valence-electron chi connectivity index (χ0n) is 14.3. The molecule has 0 radical (unpaired) electrons. The molecule has 0 fully saturated rings. The number of hydrogen-bond acceptors (Lipinski definition) is 6. The maximum absolute atomic E-state index is 12.4. The molecule has 26 heavy (non-hydrogen) atoms. The van der Waals surface area contributed by atoms with Crippen LogP contribution in [0.3, 0.4) is 0 Å². The first-order valence-electron chi connectivity index (χ1n) is 8.12. The average Bonchev–Trinajstić information content (AvgIpc) is 2.96. The molecular weight excluding hydrogens is 372 g/mol. The number of carbonyl (C=O) groups excluding carboxylic acids is 3. The predicted molar refractivity (Wildman–Crippen MR) is 103 cm³/mol. The fourth-order valence-electron chi connectivity index (χ4n) is 2.54. The second kappa shape index (κ2) is 7.92. The van der Waals surface area contributed by atoms with E-state index in [1.807, 2.05) is 31.2 Å². The van der Waals surface area contributed by atoms with Crippen LogP contribution in [-0.2, 0) is 14.3 Å².